The molecule has 1 aromatic carbocycles. The normalized spacial score (nSPS) is 12.5. The molecule has 0 aliphatic rings. The van der Waals surface area contributed by atoms with Gasteiger partial charge < -0.3 is 0 Å². The Hall–Kier alpha value is -0.430. The molecule has 0 aliphatic carbocycles. The Kier molecular flexibility index (Phi) is 11.7. The molecule has 0 aliphatic heterocycles. The third kappa shape index (κ3) is 10.9. The third-order valence-electron chi connectivity index (χ3n) is 4.21. The Labute approximate surface area is 138 Å². The number of unbranched alkanes of at least 4 members (excludes halogenated alkanes) is 9. The van der Waals surface area contributed by atoms with E-state index in [2.05, 4.69) is 37.3 Å². The second-order valence-corrected chi connectivity index (χ2v) is 7.04. The van der Waals surface area contributed by atoms with Gasteiger partial charge >= 0.3 is 0 Å². The Morgan fingerprint density at radius 2 is 1.29 bits per heavy atom. The molecule has 0 aromatic heterocycles. The van der Waals surface area contributed by atoms with Crippen LogP contribution in [-0.4, -0.2) is 5.25 Å². The lowest BCUT2D eigenvalue weighted by Gasteiger charge is -2.10. The zero-order valence-electron chi connectivity index (χ0n) is 13.9. The van der Waals surface area contributed by atoms with Crippen molar-refractivity contribution in [1.82, 2.24) is 0 Å². The number of thiol groups is 1. The SMILES string of the molecule is CCCCCCCCCCCCC(S)Cc1ccccc1. The van der Waals surface area contributed by atoms with E-state index in [9.17, 15) is 0 Å². The molecule has 1 rings (SSSR count). The molecule has 1 aromatic rings. The summed E-state index contributed by atoms with van der Waals surface area (Å²) in [6, 6.07) is 10.7. The van der Waals surface area contributed by atoms with Crippen molar-refractivity contribution in [3.63, 3.8) is 0 Å². The van der Waals surface area contributed by atoms with Crippen molar-refractivity contribution in [3.05, 3.63) is 35.9 Å². The summed E-state index contributed by atoms with van der Waals surface area (Å²) < 4.78 is 0. The molecule has 0 radical (unpaired) electrons. The number of benzene rings is 1. The van der Waals surface area contributed by atoms with Crippen molar-refractivity contribution >= 4 is 12.6 Å². The zero-order valence-corrected chi connectivity index (χ0v) is 14.8. The predicted octanol–water partition coefficient (Wildman–Crippen LogP) is 6.84. The van der Waals surface area contributed by atoms with Crippen LogP contribution in [0.4, 0.5) is 0 Å². The number of rotatable bonds is 13. The lowest BCUT2D eigenvalue weighted by atomic mass is 10.0. The highest BCUT2D eigenvalue weighted by molar-refractivity contribution is 7.80. The Morgan fingerprint density at radius 3 is 1.86 bits per heavy atom. The number of hydrogen-bond acceptors (Lipinski definition) is 1. The highest BCUT2D eigenvalue weighted by Crippen LogP contribution is 2.16. The first-order valence-electron chi connectivity index (χ1n) is 9.05. The monoisotopic (exact) mass is 306 g/mol. The van der Waals surface area contributed by atoms with Crippen molar-refractivity contribution < 1.29 is 0 Å². The molecule has 0 saturated carbocycles. The van der Waals surface area contributed by atoms with E-state index >= 15 is 0 Å². The van der Waals surface area contributed by atoms with E-state index < -0.39 is 0 Å². The van der Waals surface area contributed by atoms with Gasteiger partial charge in [0.25, 0.3) is 0 Å². The van der Waals surface area contributed by atoms with Gasteiger partial charge in [-0.2, -0.15) is 12.6 Å². The standard InChI is InChI=1S/C20H34S/c1-2-3-4-5-6-7-8-9-10-14-17-20(21)18-19-15-12-11-13-16-19/h11-13,15-16,20-21H,2-10,14,17-18H2,1H3. The highest BCUT2D eigenvalue weighted by Gasteiger charge is 2.04. The summed E-state index contributed by atoms with van der Waals surface area (Å²) in [4.78, 5) is 0. The Bertz CT molecular complexity index is 320. The molecule has 120 valence electrons. The second-order valence-electron chi connectivity index (χ2n) is 6.31. The van der Waals surface area contributed by atoms with Crippen molar-refractivity contribution in [3.8, 4) is 0 Å². The van der Waals surface area contributed by atoms with E-state index in [4.69, 9.17) is 12.6 Å². The van der Waals surface area contributed by atoms with Crippen LogP contribution in [0.1, 0.15) is 83.1 Å². The molecule has 0 spiro atoms. The topological polar surface area (TPSA) is 0 Å². The molecule has 0 bridgehead atoms. The Morgan fingerprint density at radius 1 is 0.762 bits per heavy atom. The summed E-state index contributed by atoms with van der Waals surface area (Å²) in [7, 11) is 0. The van der Waals surface area contributed by atoms with Crippen molar-refractivity contribution in [2.24, 2.45) is 0 Å². The number of hydrogen-bond donors (Lipinski definition) is 1. The van der Waals surface area contributed by atoms with Crippen LogP contribution in [0.2, 0.25) is 0 Å². The molecule has 0 saturated heterocycles. The first-order valence-corrected chi connectivity index (χ1v) is 9.56. The van der Waals surface area contributed by atoms with E-state index in [-0.39, 0.29) is 0 Å². The first-order chi connectivity index (χ1) is 10.3. The average Bonchev–Trinajstić information content (AvgIpc) is 2.50. The minimum Gasteiger partial charge on any atom is -0.176 e. The van der Waals surface area contributed by atoms with Crippen LogP contribution in [-0.2, 0) is 6.42 Å². The molecule has 1 unspecified atom stereocenters. The van der Waals surface area contributed by atoms with Crippen molar-refractivity contribution in [2.45, 2.75) is 89.2 Å². The van der Waals surface area contributed by atoms with Gasteiger partial charge in [-0.05, 0) is 18.4 Å². The lowest BCUT2D eigenvalue weighted by Crippen LogP contribution is -2.03. The van der Waals surface area contributed by atoms with E-state index in [0.29, 0.717) is 5.25 Å². The molecular formula is C20H34S. The molecule has 0 heterocycles. The Balaban J connectivity index is 1.87. The smallest absolute Gasteiger partial charge is 0.00572 e. The molecule has 0 nitrogen and oxygen atoms in total. The van der Waals surface area contributed by atoms with Crippen LogP contribution in [0.25, 0.3) is 0 Å². The van der Waals surface area contributed by atoms with Crippen molar-refractivity contribution in [2.75, 3.05) is 0 Å². The summed E-state index contributed by atoms with van der Waals surface area (Å²) >= 11 is 4.73. The van der Waals surface area contributed by atoms with Gasteiger partial charge in [0.2, 0.25) is 0 Å². The van der Waals surface area contributed by atoms with Gasteiger partial charge in [0.1, 0.15) is 0 Å². The van der Waals surface area contributed by atoms with E-state index in [0.717, 1.165) is 6.42 Å². The summed E-state index contributed by atoms with van der Waals surface area (Å²) in [6.07, 6.45) is 16.5. The van der Waals surface area contributed by atoms with Crippen LogP contribution in [0.15, 0.2) is 30.3 Å². The predicted molar refractivity (Wildman–Crippen MR) is 99.4 cm³/mol. The summed E-state index contributed by atoms with van der Waals surface area (Å²) in [5.41, 5.74) is 1.42. The zero-order chi connectivity index (χ0) is 15.2. The van der Waals surface area contributed by atoms with Crippen LogP contribution >= 0.6 is 12.6 Å². The van der Waals surface area contributed by atoms with Crippen LogP contribution in [0, 0.1) is 0 Å². The molecule has 0 fully saturated rings. The molecule has 0 N–H and O–H groups in total. The lowest BCUT2D eigenvalue weighted by molar-refractivity contribution is 0.546. The van der Waals surface area contributed by atoms with Crippen molar-refractivity contribution in [1.29, 1.82) is 0 Å². The second kappa shape index (κ2) is 13.2. The van der Waals surface area contributed by atoms with E-state index in [1.165, 1.54) is 76.2 Å². The molecule has 1 atom stereocenters. The fourth-order valence-corrected chi connectivity index (χ4v) is 3.25. The van der Waals surface area contributed by atoms with Gasteiger partial charge in [-0.1, -0.05) is 101 Å². The maximum Gasteiger partial charge on any atom is 0.00572 e. The summed E-state index contributed by atoms with van der Waals surface area (Å²) in [5.74, 6) is 0. The van der Waals surface area contributed by atoms with Gasteiger partial charge in [0.15, 0.2) is 0 Å². The fourth-order valence-electron chi connectivity index (χ4n) is 2.86. The largest absolute Gasteiger partial charge is 0.176 e. The van der Waals surface area contributed by atoms with Gasteiger partial charge in [-0.25, -0.2) is 0 Å². The fraction of sp³-hybridized carbons (Fsp3) is 0.700. The molecular weight excluding hydrogens is 272 g/mol. The average molecular weight is 307 g/mol. The van der Waals surface area contributed by atoms with Gasteiger partial charge in [0, 0.05) is 5.25 Å². The van der Waals surface area contributed by atoms with Gasteiger partial charge in [0.05, 0.1) is 0 Å². The summed E-state index contributed by atoms with van der Waals surface area (Å²) in [6.45, 7) is 2.28. The third-order valence-corrected chi connectivity index (χ3v) is 4.65. The minimum atomic E-state index is 0.529. The van der Waals surface area contributed by atoms with Gasteiger partial charge in [-0.3, -0.25) is 0 Å². The maximum atomic E-state index is 4.73. The van der Waals surface area contributed by atoms with E-state index in [1.54, 1.807) is 0 Å². The molecule has 21 heavy (non-hydrogen) atoms. The first kappa shape index (κ1) is 18.6. The molecule has 0 amide bonds. The minimum absolute atomic E-state index is 0.529. The maximum absolute atomic E-state index is 4.73. The van der Waals surface area contributed by atoms with E-state index in [1.807, 2.05) is 0 Å². The highest BCUT2D eigenvalue weighted by atomic mass is 32.1. The van der Waals surface area contributed by atoms with Crippen LogP contribution < -0.4 is 0 Å². The van der Waals surface area contributed by atoms with Crippen LogP contribution in [0.5, 0.6) is 0 Å². The quantitative estimate of drug-likeness (QED) is 0.299. The van der Waals surface area contributed by atoms with Crippen LogP contribution in [0.3, 0.4) is 0 Å². The summed E-state index contributed by atoms with van der Waals surface area (Å²) in [5, 5.41) is 0.529. The molecule has 1 heteroatoms. The van der Waals surface area contributed by atoms with Gasteiger partial charge in [-0.15, -0.1) is 0 Å².